The maximum Gasteiger partial charge on any atom is 0.212 e. The Morgan fingerprint density at radius 1 is 1.27 bits per heavy atom. The first-order valence-corrected chi connectivity index (χ1v) is 6.83. The Balaban J connectivity index is 4.50. The topological polar surface area (TPSA) is 66.4 Å². The normalized spacial score (nSPS) is 15.7. The molecule has 15 heavy (non-hydrogen) atoms. The van der Waals surface area contributed by atoms with Crippen LogP contribution in [-0.2, 0) is 10.0 Å². The highest BCUT2D eigenvalue weighted by atomic mass is 32.2. The summed E-state index contributed by atoms with van der Waals surface area (Å²) in [5, 5.41) is 9.03. The zero-order chi connectivity index (χ0) is 12.3. The lowest BCUT2D eigenvalue weighted by molar-refractivity contribution is 0.227. The molecule has 0 heterocycles. The Kier molecular flexibility index (Phi) is 5.23. The van der Waals surface area contributed by atoms with E-state index in [-0.39, 0.29) is 23.7 Å². The van der Waals surface area contributed by atoms with Gasteiger partial charge in [0.15, 0.2) is 0 Å². The van der Waals surface area contributed by atoms with Crippen molar-refractivity contribution < 1.29 is 13.5 Å². The molecule has 0 aliphatic carbocycles. The minimum atomic E-state index is -3.31. The third-order valence-corrected chi connectivity index (χ3v) is 3.86. The van der Waals surface area contributed by atoms with Gasteiger partial charge in [-0.25, -0.2) is 13.1 Å². The first-order valence-electron chi connectivity index (χ1n) is 5.18. The number of aliphatic hydroxyl groups excluding tert-OH is 1. The van der Waals surface area contributed by atoms with Gasteiger partial charge < -0.3 is 5.11 Å². The molecule has 5 heteroatoms. The Hall–Kier alpha value is -0.130. The van der Waals surface area contributed by atoms with Crippen LogP contribution in [0.3, 0.4) is 0 Å². The van der Waals surface area contributed by atoms with Crippen LogP contribution in [0, 0.1) is 11.3 Å². The van der Waals surface area contributed by atoms with Crippen LogP contribution in [0.5, 0.6) is 0 Å². The number of sulfonamides is 1. The van der Waals surface area contributed by atoms with E-state index in [0.717, 1.165) is 0 Å². The zero-order valence-corrected chi connectivity index (χ0v) is 11.1. The SMILES string of the molecule is CC(C)C(CO)NS(=O)(=O)CC(C)(C)C. The van der Waals surface area contributed by atoms with E-state index in [4.69, 9.17) is 5.11 Å². The summed E-state index contributed by atoms with van der Waals surface area (Å²) in [6.07, 6.45) is 0. The number of hydrogen-bond donors (Lipinski definition) is 2. The molecule has 0 rings (SSSR count). The summed E-state index contributed by atoms with van der Waals surface area (Å²) < 4.78 is 25.9. The lowest BCUT2D eigenvalue weighted by Gasteiger charge is -2.23. The molecule has 4 nitrogen and oxygen atoms in total. The van der Waals surface area contributed by atoms with Crippen molar-refractivity contribution in [1.29, 1.82) is 0 Å². The third-order valence-electron chi connectivity index (χ3n) is 1.96. The Labute approximate surface area is 93.1 Å². The molecule has 0 saturated heterocycles. The highest BCUT2D eigenvalue weighted by Crippen LogP contribution is 2.16. The highest BCUT2D eigenvalue weighted by Gasteiger charge is 2.25. The molecule has 0 aromatic rings. The maximum absolute atomic E-state index is 11.7. The molecule has 92 valence electrons. The van der Waals surface area contributed by atoms with Gasteiger partial charge in [-0.2, -0.15) is 0 Å². The fourth-order valence-corrected chi connectivity index (χ4v) is 3.26. The van der Waals surface area contributed by atoms with Gasteiger partial charge >= 0.3 is 0 Å². The van der Waals surface area contributed by atoms with E-state index in [2.05, 4.69) is 4.72 Å². The van der Waals surface area contributed by atoms with Gasteiger partial charge in [-0.3, -0.25) is 0 Å². The van der Waals surface area contributed by atoms with Gasteiger partial charge in [-0.15, -0.1) is 0 Å². The molecule has 0 bridgehead atoms. The fourth-order valence-electron chi connectivity index (χ4n) is 1.23. The molecule has 0 radical (unpaired) electrons. The molecule has 0 fully saturated rings. The molecule has 0 spiro atoms. The second kappa shape index (κ2) is 5.27. The summed E-state index contributed by atoms with van der Waals surface area (Å²) in [5.74, 6) is 0.160. The van der Waals surface area contributed by atoms with Crippen LogP contribution in [0.15, 0.2) is 0 Å². The van der Waals surface area contributed by atoms with Gasteiger partial charge in [0.2, 0.25) is 10.0 Å². The molecular formula is C10H23NO3S. The van der Waals surface area contributed by atoms with Crippen LogP contribution in [0.2, 0.25) is 0 Å². The first kappa shape index (κ1) is 14.9. The lowest BCUT2D eigenvalue weighted by atomic mass is 10.0. The molecule has 2 N–H and O–H groups in total. The third kappa shape index (κ3) is 6.87. The second-order valence-electron chi connectivity index (χ2n) is 5.47. The summed E-state index contributed by atoms with van der Waals surface area (Å²) in [4.78, 5) is 0. The van der Waals surface area contributed by atoms with Gasteiger partial charge in [0.05, 0.1) is 12.4 Å². The Morgan fingerprint density at radius 2 is 1.73 bits per heavy atom. The van der Waals surface area contributed by atoms with Crippen LogP contribution in [0.25, 0.3) is 0 Å². The number of aliphatic hydroxyl groups is 1. The summed E-state index contributed by atoms with van der Waals surface area (Å²) >= 11 is 0. The molecule has 0 aromatic carbocycles. The maximum atomic E-state index is 11.7. The van der Waals surface area contributed by atoms with Gasteiger partial charge in [-0.05, 0) is 11.3 Å². The monoisotopic (exact) mass is 237 g/mol. The molecule has 0 aromatic heterocycles. The largest absolute Gasteiger partial charge is 0.395 e. The fraction of sp³-hybridized carbons (Fsp3) is 1.00. The van der Waals surface area contributed by atoms with Gasteiger partial charge in [-0.1, -0.05) is 34.6 Å². The predicted octanol–water partition coefficient (Wildman–Crippen LogP) is 0.969. The molecule has 0 aliphatic rings. The van der Waals surface area contributed by atoms with Gasteiger partial charge in [0.1, 0.15) is 0 Å². The molecule has 1 atom stereocenters. The summed E-state index contributed by atoms with van der Waals surface area (Å²) in [6, 6.07) is -0.391. The summed E-state index contributed by atoms with van der Waals surface area (Å²) in [6.45, 7) is 9.20. The van der Waals surface area contributed by atoms with Crippen molar-refractivity contribution in [3.05, 3.63) is 0 Å². The highest BCUT2D eigenvalue weighted by molar-refractivity contribution is 7.89. The van der Waals surface area contributed by atoms with Gasteiger partial charge in [0.25, 0.3) is 0 Å². The van der Waals surface area contributed by atoms with E-state index in [1.165, 1.54) is 0 Å². The second-order valence-corrected chi connectivity index (χ2v) is 7.22. The zero-order valence-electron chi connectivity index (χ0n) is 10.2. The molecule has 0 aliphatic heterocycles. The van der Waals surface area contributed by atoms with E-state index in [0.29, 0.717) is 0 Å². The summed E-state index contributed by atoms with van der Waals surface area (Å²) in [5.41, 5.74) is -0.275. The predicted molar refractivity (Wildman–Crippen MR) is 62.1 cm³/mol. The molecule has 1 unspecified atom stereocenters. The average molecular weight is 237 g/mol. The van der Waals surface area contributed by atoms with E-state index in [1.54, 1.807) is 0 Å². The van der Waals surface area contributed by atoms with Crippen molar-refractivity contribution in [2.45, 2.75) is 40.7 Å². The van der Waals surface area contributed by atoms with Crippen molar-refractivity contribution in [1.82, 2.24) is 4.72 Å². The van der Waals surface area contributed by atoms with E-state index in [1.807, 2.05) is 34.6 Å². The van der Waals surface area contributed by atoms with Crippen molar-refractivity contribution in [3.63, 3.8) is 0 Å². The minimum absolute atomic E-state index is 0.0726. The molecule has 0 amide bonds. The average Bonchev–Trinajstić information content (AvgIpc) is 1.94. The lowest BCUT2D eigenvalue weighted by Crippen LogP contribution is -2.44. The Morgan fingerprint density at radius 3 is 2.00 bits per heavy atom. The quantitative estimate of drug-likeness (QED) is 0.748. The van der Waals surface area contributed by atoms with Crippen LogP contribution < -0.4 is 4.72 Å². The van der Waals surface area contributed by atoms with Crippen LogP contribution in [0.1, 0.15) is 34.6 Å². The molecule has 0 saturated carbocycles. The van der Waals surface area contributed by atoms with E-state index in [9.17, 15) is 8.42 Å². The van der Waals surface area contributed by atoms with Crippen molar-refractivity contribution in [3.8, 4) is 0 Å². The first-order chi connectivity index (χ1) is 6.57. The van der Waals surface area contributed by atoms with Crippen molar-refractivity contribution >= 4 is 10.0 Å². The smallest absolute Gasteiger partial charge is 0.212 e. The van der Waals surface area contributed by atoms with Crippen molar-refractivity contribution in [2.24, 2.45) is 11.3 Å². The number of rotatable bonds is 5. The van der Waals surface area contributed by atoms with Gasteiger partial charge in [0, 0.05) is 6.04 Å². The van der Waals surface area contributed by atoms with Crippen LogP contribution in [0.4, 0.5) is 0 Å². The molecular weight excluding hydrogens is 214 g/mol. The van der Waals surface area contributed by atoms with Crippen molar-refractivity contribution in [2.75, 3.05) is 12.4 Å². The summed E-state index contributed by atoms with van der Waals surface area (Å²) in [7, 11) is -3.31. The number of nitrogens with one attached hydrogen (secondary N) is 1. The minimum Gasteiger partial charge on any atom is -0.395 e. The van der Waals surface area contributed by atoms with E-state index >= 15 is 0 Å². The number of hydrogen-bond acceptors (Lipinski definition) is 3. The van der Waals surface area contributed by atoms with Crippen LogP contribution >= 0.6 is 0 Å². The standard InChI is InChI=1S/C10H23NO3S/c1-8(2)9(6-12)11-15(13,14)7-10(3,4)5/h8-9,11-12H,6-7H2,1-5H3. The van der Waals surface area contributed by atoms with Crippen LogP contribution in [-0.4, -0.2) is 31.9 Å². The Bertz CT molecular complexity index is 278. The van der Waals surface area contributed by atoms with E-state index < -0.39 is 16.1 Å².